The van der Waals surface area contributed by atoms with Crippen LogP contribution in [0.4, 0.5) is 0 Å². The zero-order valence-corrected chi connectivity index (χ0v) is 17.0. The molecule has 5 nitrogen and oxygen atoms in total. The summed E-state index contributed by atoms with van der Waals surface area (Å²) >= 11 is 1.80. The predicted molar refractivity (Wildman–Crippen MR) is 112 cm³/mol. The Hall–Kier alpha value is -2.34. The van der Waals surface area contributed by atoms with E-state index in [4.69, 9.17) is 0 Å². The number of nitrogens with zero attached hydrogens (tertiary/aromatic N) is 3. The van der Waals surface area contributed by atoms with Crippen LogP contribution in [0.3, 0.4) is 0 Å². The average molecular weight is 385 g/mol. The Morgan fingerprint density at radius 2 is 2.04 bits per heavy atom. The van der Waals surface area contributed by atoms with Gasteiger partial charge in [-0.25, -0.2) is 0 Å². The van der Waals surface area contributed by atoms with E-state index in [0.717, 1.165) is 45.0 Å². The number of thiophene rings is 1. The Morgan fingerprint density at radius 3 is 2.67 bits per heavy atom. The molecule has 1 aliphatic heterocycles. The van der Waals surface area contributed by atoms with E-state index >= 15 is 0 Å². The molecule has 27 heavy (non-hydrogen) atoms. The van der Waals surface area contributed by atoms with Gasteiger partial charge >= 0.3 is 0 Å². The zero-order chi connectivity index (χ0) is 19.1. The molecule has 0 spiro atoms. The lowest BCUT2D eigenvalue weighted by Gasteiger charge is -2.22. The minimum Gasteiger partial charge on any atom is -0.352 e. The van der Waals surface area contributed by atoms with Crippen LogP contribution in [0, 0.1) is 0 Å². The standard InChI is InChI=1S/C21H28N4OS/c1-22-21(24(2)13-11-19-5-4-14-27-19)23-15-17-7-9-18(10-8-17)16-25-12-3-6-20(25)26/h4-5,7-10,14H,3,6,11-13,15-16H2,1-2H3,(H,22,23). The third-order valence-corrected chi connectivity index (χ3v) is 5.80. The maximum Gasteiger partial charge on any atom is 0.222 e. The molecule has 0 unspecified atom stereocenters. The van der Waals surface area contributed by atoms with E-state index in [0.29, 0.717) is 6.42 Å². The molecular formula is C21H28N4OS. The van der Waals surface area contributed by atoms with Gasteiger partial charge in [0.05, 0.1) is 0 Å². The topological polar surface area (TPSA) is 47.9 Å². The Kier molecular flexibility index (Phi) is 6.87. The molecule has 0 saturated carbocycles. The summed E-state index contributed by atoms with van der Waals surface area (Å²) in [6.45, 7) is 3.28. The second-order valence-electron chi connectivity index (χ2n) is 6.89. The third kappa shape index (κ3) is 5.57. The highest BCUT2D eigenvalue weighted by molar-refractivity contribution is 7.09. The van der Waals surface area contributed by atoms with Gasteiger partial charge in [0, 0.05) is 51.6 Å². The molecule has 0 atom stereocenters. The smallest absolute Gasteiger partial charge is 0.222 e. The van der Waals surface area contributed by atoms with Gasteiger partial charge in [-0.1, -0.05) is 30.3 Å². The number of nitrogens with one attached hydrogen (secondary N) is 1. The van der Waals surface area contributed by atoms with E-state index in [1.807, 2.05) is 11.9 Å². The molecule has 3 rings (SSSR count). The summed E-state index contributed by atoms with van der Waals surface area (Å²) in [7, 11) is 3.89. The Balaban J connectivity index is 1.46. The van der Waals surface area contributed by atoms with Crippen LogP contribution < -0.4 is 5.32 Å². The monoisotopic (exact) mass is 384 g/mol. The first-order chi connectivity index (χ1) is 13.2. The van der Waals surface area contributed by atoms with Crippen molar-refractivity contribution in [3.63, 3.8) is 0 Å². The van der Waals surface area contributed by atoms with Gasteiger partial charge in [-0.05, 0) is 35.4 Å². The number of hydrogen-bond donors (Lipinski definition) is 1. The van der Waals surface area contributed by atoms with Crippen LogP contribution in [0.25, 0.3) is 0 Å². The van der Waals surface area contributed by atoms with E-state index in [1.54, 1.807) is 11.3 Å². The van der Waals surface area contributed by atoms with Gasteiger partial charge in [-0.15, -0.1) is 11.3 Å². The lowest BCUT2D eigenvalue weighted by Crippen LogP contribution is -2.39. The van der Waals surface area contributed by atoms with Gasteiger partial charge in [-0.3, -0.25) is 9.79 Å². The third-order valence-electron chi connectivity index (χ3n) is 4.87. The summed E-state index contributed by atoms with van der Waals surface area (Å²) in [6.07, 6.45) is 2.71. The predicted octanol–water partition coefficient (Wildman–Crippen LogP) is 3.12. The van der Waals surface area contributed by atoms with Crippen molar-refractivity contribution in [3.8, 4) is 0 Å². The van der Waals surface area contributed by atoms with Gasteiger partial charge in [0.15, 0.2) is 5.96 Å². The van der Waals surface area contributed by atoms with Crippen molar-refractivity contribution in [2.75, 3.05) is 27.2 Å². The summed E-state index contributed by atoms with van der Waals surface area (Å²) < 4.78 is 0. The van der Waals surface area contributed by atoms with E-state index in [1.165, 1.54) is 16.0 Å². The fourth-order valence-electron chi connectivity index (χ4n) is 3.26. The fourth-order valence-corrected chi connectivity index (χ4v) is 3.96. The van der Waals surface area contributed by atoms with Crippen molar-refractivity contribution in [3.05, 3.63) is 57.8 Å². The minimum absolute atomic E-state index is 0.273. The molecule has 1 fully saturated rings. The van der Waals surface area contributed by atoms with E-state index in [2.05, 4.69) is 64.0 Å². The van der Waals surface area contributed by atoms with Gasteiger partial charge < -0.3 is 15.1 Å². The van der Waals surface area contributed by atoms with Crippen molar-refractivity contribution in [2.45, 2.75) is 32.4 Å². The molecule has 2 heterocycles. The van der Waals surface area contributed by atoms with Crippen molar-refractivity contribution in [2.24, 2.45) is 4.99 Å². The van der Waals surface area contributed by atoms with Gasteiger partial charge in [-0.2, -0.15) is 0 Å². The number of guanidine groups is 1. The number of aliphatic imine (C=N–C) groups is 1. The molecule has 0 bridgehead atoms. The number of rotatable bonds is 7. The van der Waals surface area contributed by atoms with Crippen molar-refractivity contribution in [1.29, 1.82) is 0 Å². The molecule has 1 aromatic heterocycles. The second-order valence-corrected chi connectivity index (χ2v) is 7.92. The molecule has 0 radical (unpaired) electrons. The second kappa shape index (κ2) is 9.55. The van der Waals surface area contributed by atoms with Gasteiger partial charge in [0.2, 0.25) is 5.91 Å². The van der Waals surface area contributed by atoms with Gasteiger partial charge in [0.1, 0.15) is 0 Å². The van der Waals surface area contributed by atoms with Crippen molar-refractivity contribution < 1.29 is 4.79 Å². The molecular weight excluding hydrogens is 356 g/mol. The minimum atomic E-state index is 0.273. The molecule has 2 aromatic rings. The van der Waals surface area contributed by atoms with E-state index in [9.17, 15) is 4.79 Å². The largest absolute Gasteiger partial charge is 0.352 e. The maximum absolute atomic E-state index is 11.7. The molecule has 1 amide bonds. The zero-order valence-electron chi connectivity index (χ0n) is 16.1. The van der Waals surface area contributed by atoms with Crippen LogP contribution in [-0.2, 0) is 24.3 Å². The lowest BCUT2D eigenvalue weighted by molar-refractivity contribution is -0.128. The number of carbonyl (C=O) groups is 1. The van der Waals surface area contributed by atoms with Crippen LogP contribution in [0.2, 0.25) is 0 Å². The Labute approximate surface area is 165 Å². The number of carbonyl (C=O) groups excluding carboxylic acids is 1. The van der Waals surface area contributed by atoms with Crippen LogP contribution in [0.15, 0.2) is 46.8 Å². The first-order valence-corrected chi connectivity index (χ1v) is 10.3. The highest BCUT2D eigenvalue weighted by Gasteiger charge is 2.19. The van der Waals surface area contributed by atoms with E-state index < -0.39 is 0 Å². The molecule has 0 aliphatic carbocycles. The number of amides is 1. The summed E-state index contributed by atoms with van der Waals surface area (Å²) in [4.78, 5) is 21.6. The highest BCUT2D eigenvalue weighted by Crippen LogP contribution is 2.15. The Morgan fingerprint density at radius 1 is 1.26 bits per heavy atom. The first-order valence-electron chi connectivity index (χ1n) is 9.45. The number of likely N-dealkylation sites (tertiary alicyclic amines) is 1. The van der Waals surface area contributed by atoms with Crippen LogP contribution in [-0.4, -0.2) is 48.9 Å². The molecule has 1 aliphatic rings. The molecule has 6 heteroatoms. The summed E-state index contributed by atoms with van der Waals surface area (Å²) in [5.41, 5.74) is 2.39. The molecule has 1 N–H and O–H groups in total. The maximum atomic E-state index is 11.7. The molecule has 1 saturated heterocycles. The normalized spacial score (nSPS) is 14.7. The molecule has 1 aromatic carbocycles. The number of benzene rings is 1. The first kappa shape index (κ1) is 19.4. The highest BCUT2D eigenvalue weighted by atomic mass is 32.1. The lowest BCUT2D eigenvalue weighted by atomic mass is 10.1. The summed E-state index contributed by atoms with van der Waals surface area (Å²) in [6, 6.07) is 12.8. The average Bonchev–Trinajstić information content (AvgIpc) is 3.34. The summed E-state index contributed by atoms with van der Waals surface area (Å²) in [5, 5.41) is 5.55. The Bertz CT molecular complexity index is 755. The number of likely N-dealkylation sites (N-methyl/N-ethyl adjacent to an activating group) is 1. The van der Waals surface area contributed by atoms with Crippen LogP contribution >= 0.6 is 11.3 Å². The van der Waals surface area contributed by atoms with Crippen LogP contribution in [0.5, 0.6) is 0 Å². The van der Waals surface area contributed by atoms with Crippen LogP contribution in [0.1, 0.15) is 28.8 Å². The quantitative estimate of drug-likeness (QED) is 0.589. The molecule has 144 valence electrons. The van der Waals surface area contributed by atoms with Gasteiger partial charge in [0.25, 0.3) is 0 Å². The van der Waals surface area contributed by atoms with Crippen molar-refractivity contribution in [1.82, 2.24) is 15.1 Å². The van der Waals surface area contributed by atoms with E-state index in [-0.39, 0.29) is 5.91 Å². The summed E-state index contributed by atoms with van der Waals surface area (Å²) in [5.74, 6) is 1.17. The SMILES string of the molecule is CN=C(NCc1ccc(CN2CCCC2=O)cc1)N(C)CCc1cccs1. The van der Waals surface area contributed by atoms with Crippen molar-refractivity contribution >= 4 is 23.2 Å². The fraction of sp³-hybridized carbons (Fsp3) is 0.429. The number of hydrogen-bond acceptors (Lipinski definition) is 3.